The van der Waals surface area contributed by atoms with Crippen molar-refractivity contribution < 1.29 is 0 Å². The highest BCUT2D eigenvalue weighted by atomic mass is 14.9. The average Bonchev–Trinajstić information content (AvgIpc) is 3.24. The quantitative estimate of drug-likeness (QED) is 0.170. The Morgan fingerprint density at radius 3 is 1.25 bits per heavy atom. The third-order valence-electron chi connectivity index (χ3n) is 9.39. The summed E-state index contributed by atoms with van der Waals surface area (Å²) in [6.07, 6.45) is 3.68. The van der Waals surface area contributed by atoms with Crippen LogP contribution in [0.15, 0.2) is 194 Å². The maximum Gasteiger partial charge on any atom is 0.160 e. The third kappa shape index (κ3) is 6.14. The molecule has 4 nitrogen and oxygen atoms in total. The van der Waals surface area contributed by atoms with Gasteiger partial charge >= 0.3 is 0 Å². The van der Waals surface area contributed by atoms with Gasteiger partial charge in [-0.05, 0) is 87.6 Å². The maximum absolute atomic E-state index is 5.10. The molecule has 0 unspecified atom stereocenters. The van der Waals surface area contributed by atoms with E-state index in [-0.39, 0.29) is 0 Å². The molecule has 0 aliphatic rings. The van der Waals surface area contributed by atoms with E-state index in [0.717, 1.165) is 72.8 Å². The van der Waals surface area contributed by atoms with Crippen LogP contribution in [-0.4, -0.2) is 19.9 Å². The molecule has 244 valence electrons. The van der Waals surface area contributed by atoms with Crippen molar-refractivity contribution in [2.24, 2.45) is 0 Å². The topological polar surface area (TPSA) is 51.6 Å². The zero-order chi connectivity index (χ0) is 34.7. The van der Waals surface area contributed by atoms with Gasteiger partial charge in [-0.15, -0.1) is 0 Å². The molecule has 0 spiro atoms. The molecule has 9 aromatic rings. The standard InChI is InChI=1S/C48H32N4/c1-3-14-33(15-4-1)46-32-47(34-16-5-2-6-17-34)52-48(51-46)36-19-13-18-35(28-36)40-24-25-41(43-21-8-7-20-42(40)43)37-29-38(44-22-9-11-26-49-44)31-39(30-37)45-23-10-12-27-50-45/h1-32H. The van der Waals surface area contributed by atoms with E-state index in [4.69, 9.17) is 9.97 Å². The molecule has 0 amide bonds. The molecule has 0 N–H and O–H groups in total. The molecule has 0 aliphatic carbocycles. The van der Waals surface area contributed by atoms with Crippen molar-refractivity contribution in [1.82, 2.24) is 19.9 Å². The van der Waals surface area contributed by atoms with Crippen molar-refractivity contribution in [3.05, 3.63) is 194 Å². The minimum Gasteiger partial charge on any atom is -0.256 e. The van der Waals surface area contributed by atoms with Crippen LogP contribution >= 0.6 is 0 Å². The molecule has 0 fully saturated rings. The fraction of sp³-hybridized carbons (Fsp3) is 0. The molecular formula is C48H32N4. The smallest absolute Gasteiger partial charge is 0.160 e. The van der Waals surface area contributed by atoms with E-state index in [0.29, 0.717) is 5.82 Å². The summed E-state index contributed by atoms with van der Waals surface area (Å²) < 4.78 is 0. The summed E-state index contributed by atoms with van der Waals surface area (Å²) in [6, 6.07) is 63.1. The Hall–Kier alpha value is -7.04. The van der Waals surface area contributed by atoms with Gasteiger partial charge in [0.2, 0.25) is 0 Å². The Kier molecular flexibility index (Phi) is 8.16. The number of hydrogen-bond donors (Lipinski definition) is 0. The van der Waals surface area contributed by atoms with Gasteiger partial charge in [0.1, 0.15) is 0 Å². The lowest BCUT2D eigenvalue weighted by molar-refractivity contribution is 1.18. The van der Waals surface area contributed by atoms with Crippen molar-refractivity contribution in [3.63, 3.8) is 0 Å². The van der Waals surface area contributed by atoms with E-state index in [1.165, 1.54) is 10.8 Å². The summed E-state index contributed by atoms with van der Waals surface area (Å²) in [5.74, 6) is 0.691. The van der Waals surface area contributed by atoms with Gasteiger partial charge in [-0.1, -0.05) is 127 Å². The van der Waals surface area contributed by atoms with E-state index in [1.807, 2.05) is 73.1 Å². The van der Waals surface area contributed by atoms with E-state index in [2.05, 4.69) is 131 Å². The minimum absolute atomic E-state index is 0.691. The highest BCUT2D eigenvalue weighted by molar-refractivity contribution is 6.05. The fourth-order valence-corrected chi connectivity index (χ4v) is 6.86. The Morgan fingerprint density at radius 2 is 0.712 bits per heavy atom. The van der Waals surface area contributed by atoms with Crippen molar-refractivity contribution in [3.8, 4) is 78.7 Å². The number of benzene rings is 6. The molecular weight excluding hydrogens is 633 g/mol. The van der Waals surface area contributed by atoms with Crippen LogP contribution in [0.5, 0.6) is 0 Å². The molecule has 0 saturated carbocycles. The van der Waals surface area contributed by atoms with Crippen LogP contribution in [0.3, 0.4) is 0 Å². The van der Waals surface area contributed by atoms with Gasteiger partial charge in [0, 0.05) is 40.2 Å². The van der Waals surface area contributed by atoms with Crippen molar-refractivity contribution in [2.45, 2.75) is 0 Å². The zero-order valence-corrected chi connectivity index (χ0v) is 28.3. The van der Waals surface area contributed by atoms with Gasteiger partial charge < -0.3 is 0 Å². The van der Waals surface area contributed by atoms with Gasteiger partial charge in [0.15, 0.2) is 5.82 Å². The minimum atomic E-state index is 0.691. The fourth-order valence-electron chi connectivity index (χ4n) is 6.86. The first-order chi connectivity index (χ1) is 25.8. The molecule has 0 radical (unpaired) electrons. The first-order valence-corrected chi connectivity index (χ1v) is 17.4. The highest BCUT2D eigenvalue weighted by Crippen LogP contribution is 2.39. The lowest BCUT2D eigenvalue weighted by Gasteiger charge is -2.15. The van der Waals surface area contributed by atoms with E-state index in [9.17, 15) is 0 Å². The van der Waals surface area contributed by atoms with E-state index in [1.54, 1.807) is 0 Å². The molecule has 0 saturated heterocycles. The monoisotopic (exact) mass is 664 g/mol. The Bertz CT molecular complexity index is 2540. The summed E-state index contributed by atoms with van der Waals surface area (Å²) >= 11 is 0. The second-order valence-corrected chi connectivity index (χ2v) is 12.7. The van der Waals surface area contributed by atoms with E-state index >= 15 is 0 Å². The van der Waals surface area contributed by atoms with Crippen LogP contribution in [0.4, 0.5) is 0 Å². The first kappa shape index (κ1) is 31.0. The summed E-state index contributed by atoms with van der Waals surface area (Å²) in [6.45, 7) is 0. The van der Waals surface area contributed by atoms with Gasteiger partial charge in [-0.25, -0.2) is 9.97 Å². The largest absolute Gasteiger partial charge is 0.256 e. The van der Waals surface area contributed by atoms with Gasteiger partial charge in [0.05, 0.1) is 22.8 Å². The molecule has 0 atom stereocenters. The van der Waals surface area contributed by atoms with Crippen LogP contribution in [0.1, 0.15) is 0 Å². The van der Waals surface area contributed by atoms with Crippen LogP contribution in [0.25, 0.3) is 89.4 Å². The molecule has 9 rings (SSSR count). The number of nitrogens with zero attached hydrogens (tertiary/aromatic N) is 4. The first-order valence-electron chi connectivity index (χ1n) is 17.4. The molecule has 4 heteroatoms. The third-order valence-corrected chi connectivity index (χ3v) is 9.39. The second-order valence-electron chi connectivity index (χ2n) is 12.7. The predicted molar refractivity (Wildman–Crippen MR) is 213 cm³/mol. The molecule has 3 heterocycles. The molecule has 3 aromatic heterocycles. The molecule has 6 aromatic carbocycles. The molecule has 0 bridgehead atoms. The van der Waals surface area contributed by atoms with Crippen LogP contribution < -0.4 is 0 Å². The summed E-state index contributed by atoms with van der Waals surface area (Å²) in [5.41, 5.74) is 13.3. The zero-order valence-electron chi connectivity index (χ0n) is 28.3. The van der Waals surface area contributed by atoms with Crippen molar-refractivity contribution >= 4 is 10.8 Å². The van der Waals surface area contributed by atoms with Gasteiger partial charge in [-0.3, -0.25) is 9.97 Å². The number of fused-ring (bicyclic) bond motifs is 1. The number of hydrogen-bond acceptors (Lipinski definition) is 4. The van der Waals surface area contributed by atoms with Crippen LogP contribution in [0.2, 0.25) is 0 Å². The van der Waals surface area contributed by atoms with Crippen molar-refractivity contribution in [2.75, 3.05) is 0 Å². The SMILES string of the molecule is c1ccc(-c2cc(-c3ccccc3)nc(-c3cccc(-c4ccc(-c5cc(-c6ccccn6)cc(-c6ccccn6)c5)c5ccccc45)c3)n2)cc1. The average molecular weight is 665 g/mol. The highest BCUT2D eigenvalue weighted by Gasteiger charge is 2.15. The predicted octanol–water partition coefficient (Wildman–Crippen LogP) is 12.1. The van der Waals surface area contributed by atoms with Gasteiger partial charge in [-0.2, -0.15) is 0 Å². The van der Waals surface area contributed by atoms with Crippen molar-refractivity contribution in [1.29, 1.82) is 0 Å². The lowest BCUT2D eigenvalue weighted by atomic mass is 9.89. The second kappa shape index (κ2) is 13.7. The lowest BCUT2D eigenvalue weighted by Crippen LogP contribution is -1.96. The van der Waals surface area contributed by atoms with Gasteiger partial charge in [0.25, 0.3) is 0 Å². The Morgan fingerprint density at radius 1 is 0.269 bits per heavy atom. The number of rotatable bonds is 7. The van der Waals surface area contributed by atoms with Crippen LogP contribution in [0, 0.1) is 0 Å². The number of aromatic nitrogens is 4. The maximum atomic E-state index is 5.10. The molecule has 52 heavy (non-hydrogen) atoms. The van der Waals surface area contributed by atoms with E-state index < -0.39 is 0 Å². The number of pyridine rings is 2. The summed E-state index contributed by atoms with van der Waals surface area (Å²) in [7, 11) is 0. The Balaban J connectivity index is 1.17. The Labute approximate surface area is 302 Å². The molecule has 0 aliphatic heterocycles. The normalized spacial score (nSPS) is 11.1. The van der Waals surface area contributed by atoms with Crippen LogP contribution in [-0.2, 0) is 0 Å². The summed E-state index contributed by atoms with van der Waals surface area (Å²) in [5, 5.41) is 2.34. The summed E-state index contributed by atoms with van der Waals surface area (Å²) in [4.78, 5) is 19.6.